The summed E-state index contributed by atoms with van der Waals surface area (Å²) < 4.78 is 20.3. The fraction of sp³-hybridized carbons (Fsp3) is 0.385. The zero-order chi connectivity index (χ0) is 30.0. The van der Waals surface area contributed by atoms with Gasteiger partial charge in [-0.2, -0.15) is 0 Å². The summed E-state index contributed by atoms with van der Waals surface area (Å²) in [6.07, 6.45) is 0.727. The zero-order valence-corrected chi connectivity index (χ0v) is 22.2. The summed E-state index contributed by atoms with van der Waals surface area (Å²) in [6, 6.07) is 1.47. The van der Waals surface area contributed by atoms with E-state index in [0.29, 0.717) is 23.0 Å². The number of carboxylic acids is 1. The molecule has 2 aromatic rings. The molecule has 2 aliphatic heterocycles. The van der Waals surface area contributed by atoms with E-state index in [4.69, 9.17) is 4.65 Å². The van der Waals surface area contributed by atoms with Crippen molar-refractivity contribution in [2.45, 2.75) is 51.0 Å². The highest BCUT2D eigenvalue weighted by Crippen LogP contribution is 2.37. The number of Topliss-reactive ketones (excluding diaryl/α,β-unsaturated/α-hetero) is 1. The Bertz CT molecular complexity index is 1410. The number of hydrogen-bond acceptors (Lipinski definition) is 9. The van der Waals surface area contributed by atoms with Crippen molar-refractivity contribution in [1.29, 1.82) is 0 Å². The minimum absolute atomic E-state index is 0.0272. The van der Waals surface area contributed by atoms with E-state index < -0.39 is 78.3 Å². The molecule has 0 saturated carbocycles. The zero-order valence-electron chi connectivity index (χ0n) is 22.2. The number of aromatic nitrogens is 1. The Labute approximate surface area is 234 Å². The number of ketones is 1. The summed E-state index contributed by atoms with van der Waals surface area (Å²) in [6.45, 7) is 3.73. The minimum Gasteiger partial charge on any atom is -0.535 e. The number of piperazine rings is 1. The second-order valence-corrected chi connectivity index (χ2v) is 9.77. The summed E-state index contributed by atoms with van der Waals surface area (Å²) in [5.41, 5.74) is -0.300. The molecule has 0 aliphatic carbocycles. The van der Waals surface area contributed by atoms with Crippen LogP contribution in [-0.4, -0.2) is 85.9 Å². The summed E-state index contributed by atoms with van der Waals surface area (Å²) in [5, 5.41) is 31.9. The van der Waals surface area contributed by atoms with Gasteiger partial charge in [0.1, 0.15) is 23.2 Å². The van der Waals surface area contributed by atoms with Crippen LogP contribution >= 0.6 is 0 Å². The number of hydrogen-bond donors (Lipinski definition) is 4. The fourth-order valence-corrected chi connectivity index (χ4v) is 5.01. The maximum Gasteiger partial charge on any atom is 0.526 e. The lowest BCUT2D eigenvalue weighted by Gasteiger charge is -2.39. The highest BCUT2D eigenvalue weighted by atomic mass is 19.1. The summed E-state index contributed by atoms with van der Waals surface area (Å²) >= 11 is 0. The van der Waals surface area contributed by atoms with Crippen molar-refractivity contribution in [1.82, 2.24) is 20.1 Å². The van der Waals surface area contributed by atoms with Crippen molar-refractivity contribution in [3.05, 3.63) is 53.1 Å². The Morgan fingerprint density at radius 3 is 2.61 bits per heavy atom. The largest absolute Gasteiger partial charge is 0.535 e. The third kappa shape index (κ3) is 5.84. The molecule has 4 rings (SSSR count). The number of nitrogens with one attached hydrogen (secondary N) is 1. The molecule has 4 N–H and O–H groups in total. The Hall–Kier alpha value is -4.53. The number of carboxylic acid groups (broad SMARTS) is 1. The number of rotatable bonds is 8. The lowest BCUT2D eigenvalue weighted by Crippen LogP contribution is -2.63. The molecule has 1 fully saturated rings. The molecule has 1 saturated heterocycles. The van der Waals surface area contributed by atoms with E-state index in [-0.39, 0.29) is 30.8 Å². The van der Waals surface area contributed by atoms with E-state index in [1.165, 1.54) is 17.0 Å². The Balaban J connectivity index is 1.62. The molecule has 216 valence electrons. The number of aromatic carboxylic acids is 1. The molecule has 3 atom stereocenters. The van der Waals surface area contributed by atoms with Crippen molar-refractivity contribution in [2.75, 3.05) is 13.1 Å². The number of likely N-dealkylation sites (N-methyl/N-ethyl adjacent to an activating group) is 1. The highest BCUT2D eigenvalue weighted by molar-refractivity contribution is 6.47. The first-order valence-electron chi connectivity index (χ1n) is 13.0. The third-order valence-corrected chi connectivity index (χ3v) is 7.19. The number of aromatic hydroxyl groups is 1. The van der Waals surface area contributed by atoms with Crippen molar-refractivity contribution < 1.29 is 48.3 Å². The Kier molecular flexibility index (Phi) is 8.56. The third-order valence-electron chi connectivity index (χ3n) is 7.19. The van der Waals surface area contributed by atoms with Gasteiger partial charge in [0.15, 0.2) is 11.6 Å². The van der Waals surface area contributed by atoms with Gasteiger partial charge in [-0.1, -0.05) is 19.1 Å². The van der Waals surface area contributed by atoms with Crippen LogP contribution in [0.25, 0.3) is 0 Å². The molecule has 41 heavy (non-hydrogen) atoms. The average Bonchev–Trinajstić information content (AvgIpc) is 2.93. The molecule has 0 spiro atoms. The van der Waals surface area contributed by atoms with E-state index in [1.807, 2.05) is 0 Å². The number of imide groups is 1. The second-order valence-electron chi connectivity index (χ2n) is 9.77. The maximum atomic E-state index is 14.9. The lowest BCUT2D eigenvalue weighted by molar-refractivity contribution is -0.156. The van der Waals surface area contributed by atoms with E-state index in [2.05, 4.69) is 10.3 Å². The van der Waals surface area contributed by atoms with Crippen LogP contribution in [-0.2, 0) is 20.8 Å². The number of carbonyl (C=O) groups excluding carboxylic acids is 4. The molecule has 15 heteroatoms. The smallest absolute Gasteiger partial charge is 0.526 e. The number of benzene rings is 1. The van der Waals surface area contributed by atoms with Gasteiger partial charge in [0.05, 0.1) is 17.8 Å². The van der Waals surface area contributed by atoms with Crippen LogP contribution < -0.4 is 9.97 Å². The minimum atomic E-state index is -1.77. The van der Waals surface area contributed by atoms with Crippen molar-refractivity contribution >= 4 is 36.7 Å². The SMILES string of the molecule is CC[C@H]1CN(CC)C(=O)C(=O)N1C(=O)NC(C(=O)C[C@H]1Cc2cccc(C(=O)O)c2OB1O)c1ncc(O)cc1F. The normalized spacial score (nSPS) is 19.4. The van der Waals surface area contributed by atoms with Crippen LogP contribution in [0.5, 0.6) is 11.5 Å². The summed E-state index contributed by atoms with van der Waals surface area (Å²) in [5.74, 6) is -6.69. The fourth-order valence-electron chi connectivity index (χ4n) is 5.01. The number of halogens is 1. The molecule has 0 radical (unpaired) electrons. The lowest BCUT2D eigenvalue weighted by atomic mass is 9.64. The van der Waals surface area contributed by atoms with E-state index in [1.54, 1.807) is 19.9 Å². The van der Waals surface area contributed by atoms with Gasteiger partial charge in [-0.25, -0.2) is 14.0 Å². The molecule has 1 unspecified atom stereocenters. The summed E-state index contributed by atoms with van der Waals surface area (Å²) in [7, 11) is -1.60. The molecular weight excluding hydrogens is 542 g/mol. The number of pyridine rings is 1. The first-order chi connectivity index (χ1) is 19.5. The predicted octanol–water partition coefficient (Wildman–Crippen LogP) is 1.29. The van der Waals surface area contributed by atoms with Crippen LogP contribution in [0.1, 0.15) is 54.3 Å². The van der Waals surface area contributed by atoms with Crippen LogP contribution in [0.2, 0.25) is 5.82 Å². The monoisotopic (exact) mass is 570 g/mol. The topological polar surface area (TPSA) is 187 Å². The Morgan fingerprint density at radius 2 is 1.98 bits per heavy atom. The number of carbonyl (C=O) groups is 5. The predicted molar refractivity (Wildman–Crippen MR) is 139 cm³/mol. The first kappa shape index (κ1) is 29.5. The van der Waals surface area contributed by atoms with Gasteiger partial charge in [0.25, 0.3) is 0 Å². The number of nitrogens with zero attached hydrogens (tertiary/aromatic N) is 3. The van der Waals surface area contributed by atoms with Gasteiger partial charge in [-0.15, -0.1) is 0 Å². The van der Waals surface area contributed by atoms with Crippen molar-refractivity contribution in [2.24, 2.45) is 0 Å². The number of para-hydroxylation sites is 1. The molecular formula is C26H28BFN4O9. The van der Waals surface area contributed by atoms with Gasteiger partial charge in [0, 0.05) is 31.4 Å². The number of amides is 4. The molecule has 4 amide bonds. The van der Waals surface area contributed by atoms with Crippen molar-refractivity contribution in [3.8, 4) is 11.5 Å². The second kappa shape index (κ2) is 11.9. The van der Waals surface area contributed by atoms with Gasteiger partial charge < -0.3 is 30.1 Å². The number of urea groups is 1. The average molecular weight is 570 g/mol. The quantitative estimate of drug-likeness (QED) is 0.266. The maximum absolute atomic E-state index is 14.9. The van der Waals surface area contributed by atoms with E-state index >= 15 is 0 Å². The van der Waals surface area contributed by atoms with Crippen molar-refractivity contribution in [3.63, 3.8) is 0 Å². The van der Waals surface area contributed by atoms with Gasteiger partial charge in [-0.3, -0.25) is 24.3 Å². The molecule has 1 aromatic heterocycles. The van der Waals surface area contributed by atoms with E-state index in [9.17, 15) is 43.6 Å². The molecule has 0 bridgehead atoms. The first-order valence-corrected chi connectivity index (χ1v) is 13.0. The summed E-state index contributed by atoms with van der Waals surface area (Å²) in [4.78, 5) is 69.5. The van der Waals surface area contributed by atoms with Crippen LogP contribution in [0.3, 0.4) is 0 Å². The van der Waals surface area contributed by atoms with Crippen LogP contribution in [0.4, 0.5) is 9.18 Å². The highest BCUT2D eigenvalue weighted by Gasteiger charge is 2.44. The van der Waals surface area contributed by atoms with Gasteiger partial charge in [0.2, 0.25) is 0 Å². The van der Waals surface area contributed by atoms with Gasteiger partial charge >= 0.3 is 30.9 Å². The molecule has 3 heterocycles. The van der Waals surface area contributed by atoms with Gasteiger partial charge in [-0.05, 0) is 31.4 Å². The molecule has 1 aromatic carbocycles. The number of fused-ring (bicyclic) bond motifs is 1. The van der Waals surface area contributed by atoms with Crippen LogP contribution in [0.15, 0.2) is 30.5 Å². The molecule has 13 nitrogen and oxygen atoms in total. The van der Waals surface area contributed by atoms with E-state index in [0.717, 1.165) is 6.20 Å². The van der Waals surface area contributed by atoms with Crippen LogP contribution in [0, 0.1) is 5.82 Å². The Morgan fingerprint density at radius 1 is 1.24 bits per heavy atom. The standard InChI is InChI=1S/C26H28BFN4O9/c1-3-15-12-31(4-2)23(35)24(36)32(15)26(39)30-21(20-18(28)10-16(33)11-29-20)19(34)9-14-8-13-6-5-7-17(25(37)38)22(13)41-27(14)40/h5-7,10-11,14-15,21,33,40H,3-4,8-9,12H2,1-2H3,(H,30,39)(H,37,38)/t14-,15+,21?/m1/s1. The molecule has 2 aliphatic rings.